The van der Waals surface area contributed by atoms with E-state index in [1.165, 1.54) is 0 Å². The maximum absolute atomic E-state index is 6.27. The normalized spacial score (nSPS) is 17.3. The Bertz CT molecular complexity index is 600. The molecule has 0 radical (unpaired) electrons. The van der Waals surface area contributed by atoms with Crippen LogP contribution in [0.4, 0.5) is 5.69 Å². The van der Waals surface area contributed by atoms with Gasteiger partial charge in [-0.3, -0.25) is 0 Å². The predicted molar refractivity (Wildman–Crippen MR) is 78.8 cm³/mol. The molecule has 4 heteroatoms. The zero-order valence-corrected chi connectivity index (χ0v) is 11.2. The van der Waals surface area contributed by atoms with Crippen molar-refractivity contribution < 1.29 is 4.74 Å². The summed E-state index contributed by atoms with van der Waals surface area (Å²) in [7, 11) is 0. The molecule has 2 aromatic rings. The minimum absolute atomic E-state index is 0.00358. The standard InChI is InChI=1S/C15H15ClN2O/c16-13-6-2-1-4-11(13)12-5-3-7-14-15(12)19-10(8-17)9-18-14/h1-7,10,18H,8-9,17H2. The molecule has 3 rings (SSSR count). The van der Waals surface area contributed by atoms with Crippen molar-refractivity contribution in [2.45, 2.75) is 6.10 Å². The van der Waals surface area contributed by atoms with Crippen LogP contribution in [-0.4, -0.2) is 19.2 Å². The number of anilines is 1. The first-order valence-electron chi connectivity index (χ1n) is 6.28. The Kier molecular flexibility index (Phi) is 3.32. The van der Waals surface area contributed by atoms with Crippen LogP contribution in [0, 0.1) is 0 Å². The Morgan fingerprint density at radius 1 is 1.16 bits per heavy atom. The number of para-hydroxylation sites is 1. The molecule has 0 saturated carbocycles. The zero-order chi connectivity index (χ0) is 13.2. The third-order valence-electron chi connectivity index (χ3n) is 3.25. The molecule has 0 spiro atoms. The summed E-state index contributed by atoms with van der Waals surface area (Å²) >= 11 is 6.27. The monoisotopic (exact) mass is 274 g/mol. The fourth-order valence-corrected chi connectivity index (χ4v) is 2.50. The van der Waals surface area contributed by atoms with Gasteiger partial charge in [-0.05, 0) is 12.1 Å². The summed E-state index contributed by atoms with van der Waals surface area (Å²) in [5.74, 6) is 0.831. The van der Waals surface area contributed by atoms with Gasteiger partial charge in [0.15, 0.2) is 5.75 Å². The lowest BCUT2D eigenvalue weighted by molar-refractivity contribution is 0.215. The smallest absolute Gasteiger partial charge is 0.150 e. The third-order valence-corrected chi connectivity index (χ3v) is 3.58. The fourth-order valence-electron chi connectivity index (χ4n) is 2.26. The van der Waals surface area contributed by atoms with Gasteiger partial charge in [0.1, 0.15) is 6.10 Å². The van der Waals surface area contributed by atoms with E-state index in [0.29, 0.717) is 6.54 Å². The van der Waals surface area contributed by atoms with Crippen molar-refractivity contribution in [2.75, 3.05) is 18.4 Å². The van der Waals surface area contributed by atoms with Crippen LogP contribution in [0.3, 0.4) is 0 Å². The molecule has 0 bridgehead atoms. The molecule has 1 atom stereocenters. The number of halogens is 1. The van der Waals surface area contributed by atoms with Crippen molar-refractivity contribution in [1.29, 1.82) is 0 Å². The van der Waals surface area contributed by atoms with E-state index >= 15 is 0 Å². The summed E-state index contributed by atoms with van der Waals surface area (Å²) in [4.78, 5) is 0. The number of fused-ring (bicyclic) bond motifs is 1. The van der Waals surface area contributed by atoms with Crippen molar-refractivity contribution >= 4 is 17.3 Å². The molecular formula is C15H15ClN2O. The molecule has 0 amide bonds. The Morgan fingerprint density at radius 3 is 2.74 bits per heavy atom. The summed E-state index contributed by atoms with van der Waals surface area (Å²) in [6.07, 6.45) is -0.00358. The largest absolute Gasteiger partial charge is 0.484 e. The second kappa shape index (κ2) is 5.11. The van der Waals surface area contributed by atoms with Gasteiger partial charge < -0.3 is 15.8 Å². The van der Waals surface area contributed by atoms with Gasteiger partial charge in [0, 0.05) is 22.7 Å². The molecule has 1 unspecified atom stereocenters. The highest BCUT2D eigenvalue weighted by Gasteiger charge is 2.21. The third kappa shape index (κ3) is 2.27. The number of nitrogens with one attached hydrogen (secondary N) is 1. The lowest BCUT2D eigenvalue weighted by atomic mass is 10.0. The lowest BCUT2D eigenvalue weighted by Gasteiger charge is -2.28. The van der Waals surface area contributed by atoms with E-state index in [0.717, 1.165) is 34.1 Å². The van der Waals surface area contributed by atoms with E-state index in [1.54, 1.807) is 0 Å². The first-order chi connectivity index (χ1) is 9.29. The first kappa shape index (κ1) is 12.3. The second-order valence-electron chi connectivity index (χ2n) is 4.52. The number of hydrogen-bond donors (Lipinski definition) is 2. The van der Waals surface area contributed by atoms with Crippen LogP contribution in [0.15, 0.2) is 42.5 Å². The molecular weight excluding hydrogens is 260 g/mol. The molecule has 3 N–H and O–H groups in total. The van der Waals surface area contributed by atoms with E-state index in [9.17, 15) is 0 Å². The van der Waals surface area contributed by atoms with Gasteiger partial charge in [0.05, 0.1) is 12.2 Å². The first-order valence-corrected chi connectivity index (χ1v) is 6.66. The van der Waals surface area contributed by atoms with Crippen molar-refractivity contribution in [3.8, 4) is 16.9 Å². The lowest BCUT2D eigenvalue weighted by Crippen LogP contribution is -2.37. The van der Waals surface area contributed by atoms with Crippen LogP contribution >= 0.6 is 11.6 Å². The summed E-state index contributed by atoms with van der Waals surface area (Å²) < 4.78 is 5.98. The van der Waals surface area contributed by atoms with Crippen LogP contribution in [0.25, 0.3) is 11.1 Å². The SMILES string of the molecule is NCC1CNc2cccc(-c3ccccc3Cl)c2O1. The van der Waals surface area contributed by atoms with Crippen LogP contribution in [0.2, 0.25) is 5.02 Å². The van der Waals surface area contributed by atoms with E-state index in [1.807, 2.05) is 42.5 Å². The number of hydrogen-bond acceptors (Lipinski definition) is 3. The summed E-state index contributed by atoms with van der Waals surface area (Å²) in [5.41, 5.74) is 8.64. The maximum atomic E-state index is 6.27. The van der Waals surface area contributed by atoms with E-state index < -0.39 is 0 Å². The number of nitrogens with two attached hydrogens (primary N) is 1. The number of ether oxygens (including phenoxy) is 1. The summed E-state index contributed by atoms with van der Waals surface area (Å²) in [6, 6.07) is 13.8. The highest BCUT2D eigenvalue weighted by atomic mass is 35.5. The molecule has 1 aliphatic heterocycles. The Hall–Kier alpha value is -1.71. The summed E-state index contributed by atoms with van der Waals surface area (Å²) in [5, 5.41) is 4.06. The fraction of sp³-hybridized carbons (Fsp3) is 0.200. The Morgan fingerprint density at radius 2 is 1.95 bits per heavy atom. The Labute approximate surface area is 117 Å². The molecule has 0 fully saturated rings. The van der Waals surface area contributed by atoms with Gasteiger partial charge in [-0.1, -0.05) is 41.9 Å². The molecule has 19 heavy (non-hydrogen) atoms. The molecule has 1 aliphatic rings. The van der Waals surface area contributed by atoms with Gasteiger partial charge in [0.25, 0.3) is 0 Å². The highest BCUT2D eigenvalue weighted by Crippen LogP contribution is 2.41. The average molecular weight is 275 g/mol. The summed E-state index contributed by atoms with van der Waals surface area (Å²) in [6.45, 7) is 1.22. The van der Waals surface area contributed by atoms with Crippen molar-refractivity contribution in [2.24, 2.45) is 5.73 Å². The molecule has 98 valence electrons. The van der Waals surface area contributed by atoms with Crippen molar-refractivity contribution in [3.63, 3.8) is 0 Å². The van der Waals surface area contributed by atoms with Crippen LogP contribution < -0.4 is 15.8 Å². The zero-order valence-electron chi connectivity index (χ0n) is 10.4. The number of rotatable bonds is 2. The highest BCUT2D eigenvalue weighted by molar-refractivity contribution is 6.33. The number of benzene rings is 2. The van der Waals surface area contributed by atoms with Gasteiger partial charge >= 0.3 is 0 Å². The quantitative estimate of drug-likeness (QED) is 0.884. The average Bonchev–Trinajstić information content (AvgIpc) is 2.47. The second-order valence-corrected chi connectivity index (χ2v) is 4.93. The van der Waals surface area contributed by atoms with Gasteiger partial charge in [-0.25, -0.2) is 0 Å². The molecule has 0 saturated heterocycles. The topological polar surface area (TPSA) is 47.3 Å². The van der Waals surface area contributed by atoms with Crippen molar-refractivity contribution in [3.05, 3.63) is 47.5 Å². The predicted octanol–water partition coefficient (Wildman–Crippen LogP) is 3.14. The minimum atomic E-state index is -0.00358. The van der Waals surface area contributed by atoms with E-state index in [2.05, 4.69) is 5.32 Å². The van der Waals surface area contributed by atoms with Gasteiger partial charge in [0.2, 0.25) is 0 Å². The molecule has 2 aromatic carbocycles. The Balaban J connectivity index is 2.11. The molecule has 0 aliphatic carbocycles. The van der Waals surface area contributed by atoms with E-state index in [-0.39, 0.29) is 6.10 Å². The van der Waals surface area contributed by atoms with Gasteiger partial charge in [-0.15, -0.1) is 0 Å². The molecule has 0 aromatic heterocycles. The maximum Gasteiger partial charge on any atom is 0.150 e. The van der Waals surface area contributed by atoms with E-state index in [4.69, 9.17) is 22.1 Å². The van der Waals surface area contributed by atoms with Gasteiger partial charge in [-0.2, -0.15) is 0 Å². The molecule has 1 heterocycles. The van der Waals surface area contributed by atoms with Crippen LogP contribution in [-0.2, 0) is 0 Å². The van der Waals surface area contributed by atoms with Crippen LogP contribution in [0.1, 0.15) is 0 Å². The minimum Gasteiger partial charge on any atom is -0.484 e. The van der Waals surface area contributed by atoms with Crippen molar-refractivity contribution in [1.82, 2.24) is 0 Å². The van der Waals surface area contributed by atoms with Crippen LogP contribution in [0.5, 0.6) is 5.75 Å². The molecule has 3 nitrogen and oxygen atoms in total.